The maximum absolute atomic E-state index is 12.9. The van der Waals surface area contributed by atoms with Gasteiger partial charge in [0.2, 0.25) is 0 Å². The van der Waals surface area contributed by atoms with Gasteiger partial charge in [-0.1, -0.05) is 24.3 Å². The zero-order valence-electron chi connectivity index (χ0n) is 15.8. The van der Waals surface area contributed by atoms with Gasteiger partial charge in [-0.15, -0.1) is 11.8 Å². The molecule has 0 amide bonds. The fourth-order valence-corrected chi connectivity index (χ4v) is 3.93. The highest BCUT2D eigenvalue weighted by Gasteiger charge is 2.26. The number of thioether (sulfide) groups is 1. The first-order chi connectivity index (χ1) is 13.1. The zero-order chi connectivity index (χ0) is 19.2. The number of ketones is 1. The molecule has 0 N–H and O–H groups in total. The quantitative estimate of drug-likeness (QED) is 0.423. The number of carbonyl (C=O) groups excluding carboxylic acids is 2. The van der Waals surface area contributed by atoms with Crippen LogP contribution in [-0.4, -0.2) is 43.1 Å². The van der Waals surface area contributed by atoms with Crippen LogP contribution in [0.15, 0.2) is 53.4 Å². The molecule has 0 spiro atoms. The highest BCUT2D eigenvalue weighted by Crippen LogP contribution is 2.24. The summed E-state index contributed by atoms with van der Waals surface area (Å²) in [5, 5.41) is 0. The monoisotopic (exact) mass is 383 g/mol. The van der Waals surface area contributed by atoms with E-state index in [9.17, 15) is 9.59 Å². The number of hydrogen-bond donors (Lipinski definition) is 0. The van der Waals surface area contributed by atoms with Crippen LogP contribution in [0.1, 0.15) is 39.1 Å². The number of carbonyl (C=O) groups is 2. The standard InChI is InChI=1S/C22H25NO3S/c1-26-22(25)18-7-5-16(6-8-18)14-23-13-3-4-19(15-23)21(24)17-9-11-20(27-2)12-10-17/h5-12,19H,3-4,13-15H2,1-2H3/t19-/m0/s1. The van der Waals surface area contributed by atoms with Crippen LogP contribution in [0.5, 0.6) is 0 Å². The van der Waals surface area contributed by atoms with Crippen molar-refractivity contribution in [2.24, 2.45) is 5.92 Å². The van der Waals surface area contributed by atoms with Crippen molar-refractivity contribution >= 4 is 23.5 Å². The van der Waals surface area contributed by atoms with Crippen LogP contribution in [0.4, 0.5) is 0 Å². The van der Waals surface area contributed by atoms with Crippen LogP contribution < -0.4 is 0 Å². The van der Waals surface area contributed by atoms with E-state index in [0.717, 1.165) is 43.6 Å². The molecule has 27 heavy (non-hydrogen) atoms. The van der Waals surface area contributed by atoms with Crippen LogP contribution in [0.2, 0.25) is 0 Å². The molecule has 0 saturated carbocycles. The maximum atomic E-state index is 12.9. The lowest BCUT2D eigenvalue weighted by molar-refractivity contribution is 0.0600. The van der Waals surface area contributed by atoms with E-state index in [4.69, 9.17) is 4.74 Å². The molecule has 142 valence electrons. The van der Waals surface area contributed by atoms with Gasteiger partial charge in [-0.2, -0.15) is 0 Å². The van der Waals surface area contributed by atoms with Crippen LogP contribution in [0.3, 0.4) is 0 Å². The number of Topliss-reactive ketones (excluding diaryl/α,β-unsaturated/α-hetero) is 1. The Kier molecular flexibility index (Phi) is 6.69. The van der Waals surface area contributed by atoms with Gasteiger partial charge in [-0.3, -0.25) is 9.69 Å². The Balaban J connectivity index is 1.61. The molecule has 0 unspecified atom stereocenters. The predicted octanol–water partition coefficient (Wildman–Crippen LogP) is 4.29. The van der Waals surface area contributed by atoms with Crippen molar-refractivity contribution in [3.05, 3.63) is 65.2 Å². The molecule has 0 radical (unpaired) electrons. The summed E-state index contributed by atoms with van der Waals surface area (Å²) in [5.74, 6) is -0.0284. The van der Waals surface area contributed by atoms with Crippen LogP contribution in [0.25, 0.3) is 0 Å². The second-order valence-corrected chi connectivity index (χ2v) is 7.74. The number of hydrogen-bond acceptors (Lipinski definition) is 5. The number of piperidine rings is 1. The third-order valence-electron chi connectivity index (χ3n) is 5.03. The summed E-state index contributed by atoms with van der Waals surface area (Å²) in [4.78, 5) is 27.9. The smallest absolute Gasteiger partial charge is 0.337 e. The first-order valence-corrected chi connectivity index (χ1v) is 10.4. The van der Waals surface area contributed by atoms with E-state index in [1.807, 2.05) is 42.7 Å². The lowest BCUT2D eigenvalue weighted by Crippen LogP contribution is -2.38. The molecular formula is C22H25NO3S. The fraction of sp³-hybridized carbons (Fsp3) is 0.364. The molecule has 4 nitrogen and oxygen atoms in total. The minimum absolute atomic E-state index is 0.0493. The summed E-state index contributed by atoms with van der Waals surface area (Å²) >= 11 is 1.68. The Labute approximate surface area is 164 Å². The van der Waals surface area contributed by atoms with E-state index in [-0.39, 0.29) is 17.7 Å². The summed E-state index contributed by atoms with van der Waals surface area (Å²) in [5.41, 5.74) is 2.50. The van der Waals surface area contributed by atoms with Gasteiger partial charge in [0.1, 0.15) is 0 Å². The Bertz CT molecular complexity index is 786. The highest BCUT2D eigenvalue weighted by atomic mass is 32.2. The number of likely N-dealkylation sites (tertiary alicyclic amines) is 1. The Morgan fingerprint density at radius 1 is 1.07 bits per heavy atom. The third kappa shape index (κ3) is 4.99. The van der Waals surface area contributed by atoms with Gasteiger partial charge >= 0.3 is 5.97 Å². The lowest BCUT2D eigenvalue weighted by atomic mass is 9.90. The normalized spacial score (nSPS) is 17.5. The number of ether oxygens (including phenoxy) is 1. The molecule has 0 aliphatic carbocycles. The highest BCUT2D eigenvalue weighted by molar-refractivity contribution is 7.98. The molecule has 3 rings (SSSR count). The molecule has 0 aromatic heterocycles. The Morgan fingerprint density at radius 3 is 2.37 bits per heavy atom. The molecule has 1 saturated heterocycles. The van der Waals surface area contributed by atoms with Crippen molar-refractivity contribution in [1.29, 1.82) is 0 Å². The third-order valence-corrected chi connectivity index (χ3v) is 5.78. The summed E-state index contributed by atoms with van der Waals surface area (Å²) in [6, 6.07) is 15.4. The van der Waals surface area contributed by atoms with Gasteiger partial charge in [0.25, 0.3) is 0 Å². The average Bonchev–Trinajstić information content (AvgIpc) is 2.73. The average molecular weight is 384 g/mol. The van der Waals surface area contributed by atoms with Crippen molar-refractivity contribution in [3.8, 4) is 0 Å². The Morgan fingerprint density at radius 2 is 1.74 bits per heavy atom. The van der Waals surface area contributed by atoms with Gasteiger partial charge in [-0.05, 0) is 55.5 Å². The Hall–Kier alpha value is -2.11. The summed E-state index contributed by atoms with van der Waals surface area (Å²) in [6.45, 7) is 2.56. The summed E-state index contributed by atoms with van der Waals surface area (Å²) in [7, 11) is 1.38. The first-order valence-electron chi connectivity index (χ1n) is 9.18. The summed E-state index contributed by atoms with van der Waals surface area (Å²) in [6.07, 6.45) is 4.01. The fourth-order valence-electron chi connectivity index (χ4n) is 3.53. The lowest BCUT2D eigenvalue weighted by Gasteiger charge is -2.32. The number of rotatable bonds is 6. The molecule has 5 heteroatoms. The minimum atomic E-state index is -0.322. The number of esters is 1. The summed E-state index contributed by atoms with van der Waals surface area (Å²) < 4.78 is 4.73. The SMILES string of the molecule is COC(=O)c1ccc(CN2CCC[C@H](C(=O)c3ccc(SC)cc3)C2)cc1. The van der Waals surface area contributed by atoms with Crippen LogP contribution >= 0.6 is 11.8 Å². The van der Waals surface area contributed by atoms with Gasteiger partial charge in [0.15, 0.2) is 5.78 Å². The minimum Gasteiger partial charge on any atom is -0.465 e. The van der Waals surface area contributed by atoms with Gasteiger partial charge in [0, 0.05) is 29.5 Å². The topological polar surface area (TPSA) is 46.6 Å². The molecule has 2 aromatic rings. The second kappa shape index (κ2) is 9.20. The van der Waals surface area contributed by atoms with Crippen LogP contribution in [-0.2, 0) is 11.3 Å². The number of methoxy groups -OCH3 is 1. The van der Waals surface area contributed by atoms with E-state index in [2.05, 4.69) is 4.90 Å². The van der Waals surface area contributed by atoms with E-state index in [1.165, 1.54) is 12.0 Å². The molecule has 1 atom stereocenters. The van der Waals surface area contributed by atoms with Crippen molar-refractivity contribution in [3.63, 3.8) is 0 Å². The van der Waals surface area contributed by atoms with Gasteiger partial charge in [0.05, 0.1) is 12.7 Å². The van der Waals surface area contributed by atoms with Crippen molar-refractivity contribution < 1.29 is 14.3 Å². The van der Waals surface area contributed by atoms with Crippen LogP contribution in [0, 0.1) is 5.92 Å². The molecule has 1 fully saturated rings. The van der Waals surface area contributed by atoms with E-state index < -0.39 is 0 Å². The number of benzene rings is 2. The van der Waals surface area contributed by atoms with E-state index in [1.54, 1.807) is 23.9 Å². The molecule has 0 bridgehead atoms. The van der Waals surface area contributed by atoms with Crippen molar-refractivity contribution in [1.82, 2.24) is 4.90 Å². The molecule has 1 aliphatic rings. The maximum Gasteiger partial charge on any atom is 0.337 e. The molecule has 1 heterocycles. The van der Waals surface area contributed by atoms with Gasteiger partial charge < -0.3 is 4.74 Å². The zero-order valence-corrected chi connectivity index (χ0v) is 16.6. The van der Waals surface area contributed by atoms with Crippen molar-refractivity contribution in [2.75, 3.05) is 26.5 Å². The molecular weight excluding hydrogens is 358 g/mol. The second-order valence-electron chi connectivity index (χ2n) is 6.86. The predicted molar refractivity (Wildman–Crippen MR) is 108 cm³/mol. The van der Waals surface area contributed by atoms with E-state index in [0.29, 0.717) is 5.56 Å². The van der Waals surface area contributed by atoms with Crippen molar-refractivity contribution in [2.45, 2.75) is 24.3 Å². The van der Waals surface area contributed by atoms with E-state index >= 15 is 0 Å². The first kappa shape index (κ1) is 19.6. The number of nitrogens with zero attached hydrogens (tertiary/aromatic N) is 1. The molecule has 2 aromatic carbocycles. The molecule has 1 aliphatic heterocycles. The largest absolute Gasteiger partial charge is 0.465 e. The van der Waals surface area contributed by atoms with Gasteiger partial charge in [-0.25, -0.2) is 4.79 Å².